The lowest BCUT2D eigenvalue weighted by Crippen LogP contribution is -2.35. The van der Waals surface area contributed by atoms with Gasteiger partial charge in [0.25, 0.3) is 5.91 Å². The fraction of sp³-hybridized carbons (Fsp3) is 0.174. The number of carbonyl (C=O) groups is 2. The fourth-order valence-corrected chi connectivity index (χ4v) is 4.58. The van der Waals surface area contributed by atoms with E-state index >= 15 is 0 Å². The molecule has 0 spiro atoms. The molecule has 0 saturated heterocycles. The lowest BCUT2D eigenvalue weighted by Gasteiger charge is -2.25. The van der Waals surface area contributed by atoms with Crippen LogP contribution in [0.1, 0.15) is 26.4 Å². The molecule has 1 aliphatic heterocycles. The minimum absolute atomic E-state index is 0.314. The van der Waals surface area contributed by atoms with Crippen LogP contribution in [0.25, 0.3) is 0 Å². The molecule has 2 amide bonds. The average molecular weight is 433 g/mol. The second kappa shape index (κ2) is 8.90. The van der Waals surface area contributed by atoms with E-state index in [1.54, 1.807) is 29.2 Å². The summed E-state index contributed by atoms with van der Waals surface area (Å²) in [6.45, 7) is 0.837. The lowest BCUT2D eigenvalue weighted by molar-refractivity contribution is 0.102. The topological polar surface area (TPSA) is 91.7 Å². The van der Waals surface area contributed by atoms with Crippen LogP contribution in [0.15, 0.2) is 54.6 Å². The van der Waals surface area contributed by atoms with E-state index < -0.39 is 6.09 Å². The van der Waals surface area contributed by atoms with Crippen molar-refractivity contribution < 1.29 is 19.1 Å². The van der Waals surface area contributed by atoms with E-state index in [-0.39, 0.29) is 5.91 Å². The van der Waals surface area contributed by atoms with Gasteiger partial charge in [-0.25, -0.2) is 4.79 Å². The average Bonchev–Trinajstić information content (AvgIpc) is 3.15. The van der Waals surface area contributed by atoms with Crippen molar-refractivity contribution in [2.75, 3.05) is 19.0 Å². The molecule has 1 aliphatic rings. The third-order valence-electron chi connectivity index (χ3n) is 4.92. The zero-order valence-corrected chi connectivity index (χ0v) is 17.6. The van der Waals surface area contributed by atoms with E-state index in [0.717, 1.165) is 10.4 Å². The van der Waals surface area contributed by atoms with Crippen LogP contribution in [-0.2, 0) is 17.7 Å². The molecule has 0 fully saturated rings. The molecular formula is C23H19N3O4S. The number of fused-ring (bicyclic) bond motifs is 1. The second-order valence-corrected chi connectivity index (χ2v) is 7.96. The predicted molar refractivity (Wildman–Crippen MR) is 116 cm³/mol. The number of amides is 2. The Labute approximate surface area is 183 Å². The van der Waals surface area contributed by atoms with Gasteiger partial charge in [0.2, 0.25) is 0 Å². The minimum Gasteiger partial charge on any atom is -0.457 e. The molecule has 0 saturated carbocycles. The summed E-state index contributed by atoms with van der Waals surface area (Å²) in [4.78, 5) is 27.0. The number of hydrogen-bond acceptors (Lipinski definition) is 6. The number of hydrogen-bond donors (Lipinski definition) is 1. The van der Waals surface area contributed by atoms with Gasteiger partial charge in [0.1, 0.15) is 22.6 Å². The normalized spacial score (nSPS) is 12.5. The van der Waals surface area contributed by atoms with Gasteiger partial charge in [-0.1, -0.05) is 18.2 Å². The van der Waals surface area contributed by atoms with Crippen molar-refractivity contribution in [3.8, 4) is 17.6 Å². The van der Waals surface area contributed by atoms with E-state index in [0.29, 0.717) is 47.1 Å². The van der Waals surface area contributed by atoms with Crippen molar-refractivity contribution >= 4 is 28.3 Å². The standard InChI is InChI=1S/C23H19N3O4S/c1-29-23(28)26-12-11-18-19(13-24)22(31-20(18)14-26)25-21(27)15-7-9-17(10-8-15)30-16-5-3-2-4-6-16/h2-10H,11-12,14H2,1H3,(H,25,27). The Hall–Kier alpha value is -3.83. The Morgan fingerprint density at radius 2 is 1.81 bits per heavy atom. The fourth-order valence-electron chi connectivity index (χ4n) is 3.37. The summed E-state index contributed by atoms with van der Waals surface area (Å²) >= 11 is 1.32. The molecule has 0 atom stereocenters. The van der Waals surface area contributed by atoms with Gasteiger partial charge in [0.05, 0.1) is 19.2 Å². The molecule has 2 aromatic carbocycles. The summed E-state index contributed by atoms with van der Waals surface area (Å²) in [6.07, 6.45) is 0.145. The highest BCUT2D eigenvalue weighted by molar-refractivity contribution is 7.16. The summed E-state index contributed by atoms with van der Waals surface area (Å²) in [5.41, 5.74) is 1.79. The molecule has 3 aromatic rings. The first-order chi connectivity index (χ1) is 15.1. The highest BCUT2D eigenvalue weighted by atomic mass is 32.1. The summed E-state index contributed by atoms with van der Waals surface area (Å²) in [7, 11) is 1.34. The maximum absolute atomic E-state index is 12.7. The SMILES string of the molecule is COC(=O)N1CCc2c(sc(NC(=O)c3ccc(Oc4ccccc4)cc3)c2C#N)C1. The van der Waals surface area contributed by atoms with Crippen molar-refractivity contribution in [1.82, 2.24) is 4.90 Å². The highest BCUT2D eigenvalue weighted by Crippen LogP contribution is 2.37. The molecule has 4 rings (SSSR count). The number of thiophene rings is 1. The summed E-state index contributed by atoms with van der Waals surface area (Å²) in [5, 5.41) is 13.0. The van der Waals surface area contributed by atoms with Crippen molar-refractivity contribution in [3.63, 3.8) is 0 Å². The molecule has 7 nitrogen and oxygen atoms in total. The molecule has 0 radical (unpaired) electrons. The van der Waals surface area contributed by atoms with E-state index in [1.807, 2.05) is 30.3 Å². The molecule has 8 heteroatoms. The number of benzene rings is 2. The van der Waals surface area contributed by atoms with Gasteiger partial charge >= 0.3 is 6.09 Å². The Kier molecular flexibility index (Phi) is 5.87. The number of nitriles is 1. The third kappa shape index (κ3) is 4.37. The molecular weight excluding hydrogens is 414 g/mol. The van der Waals surface area contributed by atoms with Gasteiger partial charge in [-0.2, -0.15) is 5.26 Å². The summed E-state index contributed by atoms with van der Waals surface area (Å²) in [5.74, 6) is 1.02. The number of carbonyl (C=O) groups excluding carboxylic acids is 2. The maximum Gasteiger partial charge on any atom is 0.409 e. The Morgan fingerprint density at radius 3 is 2.48 bits per heavy atom. The van der Waals surface area contributed by atoms with Gasteiger partial charge in [-0.15, -0.1) is 11.3 Å². The first-order valence-corrected chi connectivity index (χ1v) is 10.4. The molecule has 31 heavy (non-hydrogen) atoms. The molecule has 1 aromatic heterocycles. The van der Waals surface area contributed by atoms with E-state index in [2.05, 4.69) is 11.4 Å². The van der Waals surface area contributed by atoms with Gasteiger partial charge < -0.3 is 19.7 Å². The number of anilines is 1. The molecule has 2 heterocycles. The van der Waals surface area contributed by atoms with Crippen LogP contribution in [0.3, 0.4) is 0 Å². The van der Waals surface area contributed by atoms with E-state index in [9.17, 15) is 14.9 Å². The third-order valence-corrected chi connectivity index (χ3v) is 6.06. The number of rotatable bonds is 4. The molecule has 0 unspecified atom stereocenters. The number of methoxy groups -OCH3 is 1. The Balaban J connectivity index is 1.48. The zero-order chi connectivity index (χ0) is 21.8. The predicted octanol–water partition coefficient (Wildman–Crippen LogP) is 4.79. The minimum atomic E-state index is -0.402. The first kappa shape index (κ1) is 20.4. The smallest absolute Gasteiger partial charge is 0.409 e. The van der Waals surface area contributed by atoms with Crippen LogP contribution in [0.4, 0.5) is 9.80 Å². The molecule has 156 valence electrons. The molecule has 0 aliphatic carbocycles. The van der Waals surface area contributed by atoms with E-state index in [1.165, 1.54) is 18.4 Å². The zero-order valence-electron chi connectivity index (χ0n) is 16.8. The van der Waals surface area contributed by atoms with Crippen LogP contribution in [0, 0.1) is 11.3 Å². The van der Waals surface area contributed by atoms with Crippen molar-refractivity contribution in [2.24, 2.45) is 0 Å². The van der Waals surface area contributed by atoms with Gasteiger partial charge in [-0.3, -0.25) is 4.79 Å². The summed E-state index contributed by atoms with van der Waals surface area (Å²) < 4.78 is 10.5. The highest BCUT2D eigenvalue weighted by Gasteiger charge is 2.28. The van der Waals surface area contributed by atoms with Crippen LogP contribution in [-0.4, -0.2) is 30.6 Å². The maximum atomic E-state index is 12.7. The number of nitrogens with one attached hydrogen (secondary N) is 1. The molecule has 0 bridgehead atoms. The van der Waals surface area contributed by atoms with Gasteiger partial charge in [0, 0.05) is 17.0 Å². The van der Waals surface area contributed by atoms with Gasteiger partial charge in [-0.05, 0) is 48.4 Å². The van der Waals surface area contributed by atoms with Crippen LogP contribution in [0.2, 0.25) is 0 Å². The van der Waals surface area contributed by atoms with Crippen molar-refractivity contribution in [2.45, 2.75) is 13.0 Å². The number of ether oxygens (including phenoxy) is 2. The van der Waals surface area contributed by atoms with Crippen molar-refractivity contribution in [1.29, 1.82) is 5.26 Å². The Bertz CT molecular complexity index is 1150. The van der Waals surface area contributed by atoms with Crippen molar-refractivity contribution in [3.05, 3.63) is 76.2 Å². The van der Waals surface area contributed by atoms with E-state index in [4.69, 9.17) is 9.47 Å². The van der Waals surface area contributed by atoms with Crippen LogP contribution in [0.5, 0.6) is 11.5 Å². The largest absolute Gasteiger partial charge is 0.457 e. The second-order valence-electron chi connectivity index (χ2n) is 6.85. The molecule has 1 N–H and O–H groups in total. The van der Waals surface area contributed by atoms with Gasteiger partial charge in [0.15, 0.2) is 0 Å². The first-order valence-electron chi connectivity index (χ1n) is 9.61. The lowest BCUT2D eigenvalue weighted by atomic mass is 10.0. The number of nitrogens with zero attached hydrogens (tertiary/aromatic N) is 2. The monoisotopic (exact) mass is 433 g/mol. The number of para-hydroxylation sites is 1. The quantitative estimate of drug-likeness (QED) is 0.639. The van der Waals surface area contributed by atoms with Crippen LogP contribution >= 0.6 is 11.3 Å². The van der Waals surface area contributed by atoms with Crippen LogP contribution < -0.4 is 10.1 Å². The summed E-state index contributed by atoms with van der Waals surface area (Å²) in [6, 6.07) is 18.4. The Morgan fingerprint density at radius 1 is 1.10 bits per heavy atom.